The minimum atomic E-state index is -0.448. The van der Waals surface area contributed by atoms with E-state index >= 15 is 0 Å². The minimum absolute atomic E-state index is 0.0309. The molecule has 0 unspecified atom stereocenters. The zero-order valence-electron chi connectivity index (χ0n) is 14.6. The van der Waals surface area contributed by atoms with Crippen LogP contribution in [-0.4, -0.2) is 24.8 Å². The third-order valence-corrected chi connectivity index (χ3v) is 5.00. The molecule has 136 valence electrons. The SMILES string of the molecule is COC(=O)c1ccc(C(=O)NCc2ccc(C(=O)c3ccccc3)s2)cc1. The van der Waals surface area contributed by atoms with Crippen LogP contribution in [0, 0.1) is 0 Å². The van der Waals surface area contributed by atoms with Gasteiger partial charge in [-0.05, 0) is 36.4 Å². The standard InChI is InChI=1S/C21H17NO4S/c1-26-21(25)16-9-7-15(8-10-16)20(24)22-13-17-11-12-18(27-17)19(23)14-5-3-2-4-6-14/h2-12H,13H2,1H3,(H,22,24). The van der Waals surface area contributed by atoms with Gasteiger partial charge >= 0.3 is 5.97 Å². The fraction of sp³-hybridized carbons (Fsp3) is 0.0952. The molecule has 0 saturated heterocycles. The summed E-state index contributed by atoms with van der Waals surface area (Å²) in [6, 6.07) is 18.9. The zero-order valence-corrected chi connectivity index (χ0v) is 15.4. The van der Waals surface area contributed by atoms with Crippen LogP contribution < -0.4 is 5.32 Å². The fourth-order valence-corrected chi connectivity index (χ4v) is 3.38. The maximum atomic E-state index is 12.4. The number of benzene rings is 2. The van der Waals surface area contributed by atoms with Crippen molar-refractivity contribution in [2.24, 2.45) is 0 Å². The highest BCUT2D eigenvalue weighted by Gasteiger charge is 2.13. The Morgan fingerprint density at radius 2 is 1.52 bits per heavy atom. The largest absolute Gasteiger partial charge is 0.465 e. The highest BCUT2D eigenvalue weighted by molar-refractivity contribution is 7.14. The zero-order chi connectivity index (χ0) is 19.2. The lowest BCUT2D eigenvalue weighted by atomic mass is 10.1. The molecule has 0 atom stereocenters. The number of amides is 1. The second kappa shape index (κ2) is 8.42. The lowest BCUT2D eigenvalue weighted by Gasteiger charge is -2.05. The third-order valence-electron chi connectivity index (χ3n) is 3.91. The summed E-state index contributed by atoms with van der Waals surface area (Å²) in [6.07, 6.45) is 0. The van der Waals surface area contributed by atoms with Gasteiger partial charge in [-0.1, -0.05) is 30.3 Å². The van der Waals surface area contributed by atoms with Crippen molar-refractivity contribution in [3.63, 3.8) is 0 Å². The molecule has 0 saturated carbocycles. The number of carbonyl (C=O) groups is 3. The summed E-state index contributed by atoms with van der Waals surface area (Å²) >= 11 is 1.36. The number of methoxy groups -OCH3 is 1. The molecule has 1 aromatic heterocycles. The fourth-order valence-electron chi connectivity index (χ4n) is 2.47. The number of ether oxygens (including phenoxy) is 1. The minimum Gasteiger partial charge on any atom is -0.465 e. The first-order valence-electron chi connectivity index (χ1n) is 8.23. The summed E-state index contributed by atoms with van der Waals surface area (Å²) < 4.78 is 4.63. The van der Waals surface area contributed by atoms with Crippen LogP contribution in [0.5, 0.6) is 0 Å². The summed E-state index contributed by atoms with van der Waals surface area (Å²) in [7, 11) is 1.31. The Balaban J connectivity index is 1.60. The second-order valence-electron chi connectivity index (χ2n) is 5.71. The molecule has 3 rings (SSSR count). The van der Waals surface area contributed by atoms with E-state index in [2.05, 4.69) is 10.1 Å². The monoisotopic (exact) mass is 379 g/mol. The predicted molar refractivity (Wildman–Crippen MR) is 103 cm³/mol. The van der Waals surface area contributed by atoms with Gasteiger partial charge in [0.15, 0.2) is 0 Å². The van der Waals surface area contributed by atoms with Gasteiger partial charge in [-0.25, -0.2) is 4.79 Å². The molecule has 1 heterocycles. The van der Waals surface area contributed by atoms with E-state index in [1.165, 1.54) is 18.4 Å². The first-order chi connectivity index (χ1) is 13.1. The van der Waals surface area contributed by atoms with Crippen LogP contribution >= 0.6 is 11.3 Å². The summed E-state index contributed by atoms with van der Waals surface area (Å²) in [5.74, 6) is -0.733. The van der Waals surface area contributed by atoms with Crippen molar-refractivity contribution in [3.8, 4) is 0 Å². The number of thiophene rings is 1. The molecule has 2 aromatic carbocycles. The highest BCUT2D eigenvalue weighted by Crippen LogP contribution is 2.20. The molecule has 27 heavy (non-hydrogen) atoms. The summed E-state index contributed by atoms with van der Waals surface area (Å²) in [6.45, 7) is 0.324. The Bertz CT molecular complexity index is 961. The van der Waals surface area contributed by atoms with Crippen molar-refractivity contribution in [2.75, 3.05) is 7.11 Å². The van der Waals surface area contributed by atoms with E-state index in [9.17, 15) is 14.4 Å². The van der Waals surface area contributed by atoms with Crippen LogP contribution in [0.4, 0.5) is 0 Å². The van der Waals surface area contributed by atoms with Gasteiger partial charge in [-0.3, -0.25) is 9.59 Å². The van der Waals surface area contributed by atoms with Gasteiger partial charge in [-0.15, -0.1) is 11.3 Å². The predicted octanol–water partition coefficient (Wildman–Crippen LogP) is 3.70. The Morgan fingerprint density at radius 1 is 0.852 bits per heavy atom. The lowest BCUT2D eigenvalue weighted by molar-refractivity contribution is 0.0600. The lowest BCUT2D eigenvalue weighted by Crippen LogP contribution is -2.22. The number of esters is 1. The average Bonchev–Trinajstić information content (AvgIpc) is 3.20. The van der Waals surface area contributed by atoms with E-state index in [0.29, 0.717) is 28.1 Å². The topological polar surface area (TPSA) is 72.5 Å². The van der Waals surface area contributed by atoms with Crippen LogP contribution in [0.25, 0.3) is 0 Å². The van der Waals surface area contributed by atoms with E-state index in [-0.39, 0.29) is 11.7 Å². The Labute approximate surface area is 160 Å². The Kier molecular flexibility index (Phi) is 5.78. The molecule has 0 fully saturated rings. The molecule has 0 aliphatic carbocycles. The summed E-state index contributed by atoms with van der Waals surface area (Å²) in [4.78, 5) is 37.6. The molecule has 5 nitrogen and oxygen atoms in total. The van der Waals surface area contributed by atoms with Crippen molar-refractivity contribution in [1.29, 1.82) is 0 Å². The first kappa shape index (κ1) is 18.5. The van der Waals surface area contributed by atoms with E-state index in [1.807, 2.05) is 24.3 Å². The van der Waals surface area contributed by atoms with E-state index in [4.69, 9.17) is 0 Å². The van der Waals surface area contributed by atoms with Crippen LogP contribution in [0.15, 0.2) is 66.7 Å². The van der Waals surface area contributed by atoms with Crippen LogP contribution in [0.1, 0.15) is 40.8 Å². The summed E-state index contributed by atoms with van der Waals surface area (Å²) in [5, 5.41) is 2.81. The number of rotatable bonds is 6. The highest BCUT2D eigenvalue weighted by atomic mass is 32.1. The van der Waals surface area contributed by atoms with Gasteiger partial charge < -0.3 is 10.1 Å². The van der Waals surface area contributed by atoms with Crippen molar-refractivity contribution in [3.05, 3.63) is 93.2 Å². The quantitative estimate of drug-likeness (QED) is 0.524. The molecule has 6 heteroatoms. The van der Waals surface area contributed by atoms with Crippen LogP contribution in [0.3, 0.4) is 0 Å². The molecule has 0 spiro atoms. The molecule has 0 aliphatic rings. The van der Waals surface area contributed by atoms with Crippen LogP contribution in [-0.2, 0) is 11.3 Å². The van der Waals surface area contributed by atoms with E-state index < -0.39 is 5.97 Å². The second-order valence-corrected chi connectivity index (χ2v) is 6.88. The molecule has 3 aromatic rings. The third kappa shape index (κ3) is 4.48. The molecule has 0 radical (unpaired) electrons. The Hall–Kier alpha value is -3.25. The number of nitrogens with one attached hydrogen (secondary N) is 1. The van der Waals surface area contributed by atoms with Gasteiger partial charge in [0.1, 0.15) is 0 Å². The van der Waals surface area contributed by atoms with Gasteiger partial charge in [0.05, 0.1) is 24.1 Å². The van der Waals surface area contributed by atoms with Gasteiger partial charge in [-0.2, -0.15) is 0 Å². The smallest absolute Gasteiger partial charge is 0.337 e. The van der Waals surface area contributed by atoms with Crippen molar-refractivity contribution in [1.82, 2.24) is 5.32 Å². The van der Waals surface area contributed by atoms with Crippen molar-refractivity contribution < 1.29 is 19.1 Å². The maximum Gasteiger partial charge on any atom is 0.337 e. The van der Waals surface area contributed by atoms with Gasteiger partial charge in [0.25, 0.3) is 5.91 Å². The van der Waals surface area contributed by atoms with Crippen molar-refractivity contribution >= 4 is 29.0 Å². The van der Waals surface area contributed by atoms with E-state index in [0.717, 1.165) is 4.88 Å². The molecule has 1 N–H and O–H groups in total. The normalized spacial score (nSPS) is 10.3. The van der Waals surface area contributed by atoms with Gasteiger partial charge in [0, 0.05) is 16.0 Å². The van der Waals surface area contributed by atoms with Crippen molar-refractivity contribution in [2.45, 2.75) is 6.54 Å². The van der Waals surface area contributed by atoms with E-state index in [1.54, 1.807) is 42.5 Å². The van der Waals surface area contributed by atoms with Gasteiger partial charge in [0.2, 0.25) is 5.78 Å². The molecule has 0 aliphatic heterocycles. The number of ketones is 1. The number of carbonyl (C=O) groups excluding carboxylic acids is 3. The molecule has 1 amide bonds. The Morgan fingerprint density at radius 3 is 2.19 bits per heavy atom. The first-order valence-corrected chi connectivity index (χ1v) is 9.05. The molecular weight excluding hydrogens is 362 g/mol. The average molecular weight is 379 g/mol. The molecular formula is C21H17NO4S. The van der Waals surface area contributed by atoms with Crippen LogP contribution in [0.2, 0.25) is 0 Å². The summed E-state index contributed by atoms with van der Waals surface area (Å²) in [5.41, 5.74) is 1.47. The number of hydrogen-bond donors (Lipinski definition) is 1. The number of hydrogen-bond acceptors (Lipinski definition) is 5. The maximum absolute atomic E-state index is 12.4. The molecule has 0 bridgehead atoms.